The molecule has 1 atom stereocenters. The first-order valence-electron chi connectivity index (χ1n) is 4.15. The van der Waals surface area contributed by atoms with Gasteiger partial charge in [-0.3, -0.25) is 0 Å². The zero-order valence-corrected chi connectivity index (χ0v) is 7.15. The first kappa shape index (κ1) is 8.72. The molecule has 0 aromatic rings. The second-order valence-corrected chi connectivity index (χ2v) is 3.49. The fourth-order valence-corrected chi connectivity index (χ4v) is 1.73. The van der Waals surface area contributed by atoms with Gasteiger partial charge in [0.15, 0.2) is 0 Å². The molecule has 0 saturated carbocycles. The third kappa shape index (κ3) is 2.29. The molecule has 0 aromatic carbocycles. The molecule has 0 radical (unpaired) electrons. The zero-order chi connectivity index (χ0) is 8.32. The monoisotopic (exact) mass is 157 g/mol. The molecule has 1 unspecified atom stereocenters. The van der Waals surface area contributed by atoms with Crippen LogP contribution in [0, 0.1) is 0 Å². The number of likely N-dealkylation sites (tertiary alicyclic amines) is 1. The zero-order valence-electron chi connectivity index (χ0n) is 7.15. The van der Waals surface area contributed by atoms with E-state index in [1.54, 1.807) is 6.08 Å². The Morgan fingerprint density at radius 2 is 2.45 bits per heavy atom. The molecule has 1 saturated heterocycles. The van der Waals surface area contributed by atoms with Crippen molar-refractivity contribution in [2.75, 3.05) is 20.1 Å². The number of alkyl halides is 1. The molecule has 0 amide bonds. The highest BCUT2D eigenvalue weighted by atomic mass is 19.1. The lowest BCUT2D eigenvalue weighted by Gasteiger charge is -2.34. The lowest BCUT2D eigenvalue weighted by atomic mass is 9.92. The van der Waals surface area contributed by atoms with Crippen molar-refractivity contribution in [3.05, 3.63) is 12.7 Å². The van der Waals surface area contributed by atoms with Crippen LogP contribution in [0.25, 0.3) is 0 Å². The molecular weight excluding hydrogens is 141 g/mol. The van der Waals surface area contributed by atoms with Crippen LogP contribution in [-0.2, 0) is 0 Å². The van der Waals surface area contributed by atoms with Gasteiger partial charge in [0, 0.05) is 13.0 Å². The summed E-state index contributed by atoms with van der Waals surface area (Å²) in [6, 6.07) is 0. The third-order valence-corrected chi connectivity index (χ3v) is 2.23. The van der Waals surface area contributed by atoms with Gasteiger partial charge in [0.25, 0.3) is 0 Å². The van der Waals surface area contributed by atoms with Crippen molar-refractivity contribution in [2.24, 2.45) is 0 Å². The number of halogens is 1. The Morgan fingerprint density at radius 3 is 3.00 bits per heavy atom. The number of piperidine rings is 1. The first-order chi connectivity index (χ1) is 5.16. The molecule has 64 valence electrons. The van der Waals surface area contributed by atoms with Crippen LogP contribution in [0.2, 0.25) is 0 Å². The summed E-state index contributed by atoms with van der Waals surface area (Å²) in [6.45, 7) is 5.17. The van der Waals surface area contributed by atoms with Crippen molar-refractivity contribution in [1.29, 1.82) is 0 Å². The Kier molecular flexibility index (Phi) is 2.66. The van der Waals surface area contributed by atoms with E-state index in [0.29, 0.717) is 19.4 Å². The van der Waals surface area contributed by atoms with Crippen molar-refractivity contribution in [3.8, 4) is 0 Å². The minimum Gasteiger partial charge on any atom is -0.303 e. The summed E-state index contributed by atoms with van der Waals surface area (Å²) in [5.74, 6) is 0. The van der Waals surface area contributed by atoms with Gasteiger partial charge in [-0.1, -0.05) is 6.08 Å². The summed E-state index contributed by atoms with van der Waals surface area (Å²) in [6.07, 6.45) is 3.85. The molecule has 1 fully saturated rings. The van der Waals surface area contributed by atoms with Crippen LogP contribution in [0.3, 0.4) is 0 Å². The largest absolute Gasteiger partial charge is 0.303 e. The van der Waals surface area contributed by atoms with E-state index >= 15 is 0 Å². The van der Waals surface area contributed by atoms with Crippen LogP contribution in [0.15, 0.2) is 12.7 Å². The van der Waals surface area contributed by atoms with E-state index in [4.69, 9.17) is 0 Å². The number of hydrogen-bond donors (Lipinski definition) is 0. The highest BCUT2D eigenvalue weighted by Gasteiger charge is 2.32. The lowest BCUT2D eigenvalue weighted by molar-refractivity contribution is 0.0615. The quantitative estimate of drug-likeness (QED) is 0.554. The highest BCUT2D eigenvalue weighted by molar-refractivity contribution is 4.91. The van der Waals surface area contributed by atoms with Crippen LogP contribution < -0.4 is 0 Å². The van der Waals surface area contributed by atoms with Gasteiger partial charge >= 0.3 is 0 Å². The average Bonchev–Trinajstić information content (AvgIpc) is 1.86. The standard InChI is InChI=1S/C9H16FN/c1-3-5-9(10)6-4-7-11(2)8-9/h3H,1,4-8H2,2H3. The van der Waals surface area contributed by atoms with Crippen molar-refractivity contribution in [2.45, 2.75) is 24.9 Å². The molecule has 11 heavy (non-hydrogen) atoms. The topological polar surface area (TPSA) is 3.24 Å². The average molecular weight is 157 g/mol. The molecule has 1 aliphatic rings. The molecule has 1 aliphatic heterocycles. The predicted octanol–water partition coefficient (Wildman–Crippen LogP) is 2.00. The van der Waals surface area contributed by atoms with Crippen LogP contribution in [-0.4, -0.2) is 30.7 Å². The number of allylic oxidation sites excluding steroid dienone is 1. The van der Waals surface area contributed by atoms with Crippen LogP contribution >= 0.6 is 0 Å². The van der Waals surface area contributed by atoms with Gasteiger partial charge < -0.3 is 4.90 Å². The SMILES string of the molecule is C=CCC1(F)CCCN(C)C1. The molecular formula is C9H16FN. The summed E-state index contributed by atoms with van der Waals surface area (Å²) in [5, 5.41) is 0. The maximum Gasteiger partial charge on any atom is 0.127 e. The number of rotatable bonds is 2. The Bertz CT molecular complexity index is 146. The van der Waals surface area contributed by atoms with E-state index in [1.807, 2.05) is 11.9 Å². The van der Waals surface area contributed by atoms with Gasteiger partial charge in [0.1, 0.15) is 5.67 Å². The van der Waals surface area contributed by atoms with Crippen molar-refractivity contribution >= 4 is 0 Å². The van der Waals surface area contributed by atoms with Gasteiger partial charge in [0.05, 0.1) is 0 Å². The van der Waals surface area contributed by atoms with E-state index in [1.165, 1.54) is 0 Å². The molecule has 0 spiro atoms. The normalized spacial score (nSPS) is 33.6. The smallest absolute Gasteiger partial charge is 0.127 e. The summed E-state index contributed by atoms with van der Waals surface area (Å²) >= 11 is 0. The lowest BCUT2D eigenvalue weighted by Crippen LogP contribution is -2.42. The number of hydrogen-bond acceptors (Lipinski definition) is 1. The van der Waals surface area contributed by atoms with E-state index in [2.05, 4.69) is 6.58 Å². The number of nitrogens with zero attached hydrogens (tertiary/aromatic N) is 1. The maximum absolute atomic E-state index is 13.7. The van der Waals surface area contributed by atoms with Crippen LogP contribution in [0.5, 0.6) is 0 Å². The van der Waals surface area contributed by atoms with Gasteiger partial charge in [-0.15, -0.1) is 6.58 Å². The Balaban J connectivity index is 2.47. The fraction of sp³-hybridized carbons (Fsp3) is 0.778. The summed E-state index contributed by atoms with van der Waals surface area (Å²) in [5.41, 5.74) is -0.991. The molecule has 0 N–H and O–H groups in total. The minimum atomic E-state index is -0.991. The maximum atomic E-state index is 13.7. The van der Waals surface area contributed by atoms with E-state index < -0.39 is 5.67 Å². The highest BCUT2D eigenvalue weighted by Crippen LogP contribution is 2.27. The van der Waals surface area contributed by atoms with Crippen molar-refractivity contribution < 1.29 is 4.39 Å². The Hall–Kier alpha value is -0.370. The van der Waals surface area contributed by atoms with Gasteiger partial charge in [-0.2, -0.15) is 0 Å². The molecule has 1 heterocycles. The molecule has 1 nitrogen and oxygen atoms in total. The molecule has 1 rings (SSSR count). The van der Waals surface area contributed by atoms with Gasteiger partial charge in [-0.05, 0) is 26.4 Å². The Morgan fingerprint density at radius 1 is 1.73 bits per heavy atom. The fourth-order valence-electron chi connectivity index (χ4n) is 1.73. The van der Waals surface area contributed by atoms with Gasteiger partial charge in [-0.25, -0.2) is 4.39 Å². The summed E-state index contributed by atoms with van der Waals surface area (Å²) in [4.78, 5) is 2.05. The van der Waals surface area contributed by atoms with E-state index in [-0.39, 0.29) is 0 Å². The minimum absolute atomic E-state index is 0.497. The predicted molar refractivity (Wildman–Crippen MR) is 45.4 cm³/mol. The van der Waals surface area contributed by atoms with Crippen LogP contribution in [0.1, 0.15) is 19.3 Å². The summed E-state index contributed by atoms with van der Waals surface area (Å²) in [7, 11) is 1.97. The van der Waals surface area contributed by atoms with E-state index in [9.17, 15) is 4.39 Å². The molecule has 0 bridgehead atoms. The van der Waals surface area contributed by atoms with Crippen LogP contribution in [0.4, 0.5) is 4.39 Å². The van der Waals surface area contributed by atoms with Gasteiger partial charge in [0.2, 0.25) is 0 Å². The van der Waals surface area contributed by atoms with E-state index in [0.717, 1.165) is 13.0 Å². The second-order valence-electron chi connectivity index (χ2n) is 3.49. The third-order valence-electron chi connectivity index (χ3n) is 2.23. The van der Waals surface area contributed by atoms with Crippen molar-refractivity contribution in [1.82, 2.24) is 4.90 Å². The molecule has 0 aliphatic carbocycles. The molecule has 2 heteroatoms. The summed E-state index contributed by atoms with van der Waals surface area (Å²) < 4.78 is 13.7. The van der Waals surface area contributed by atoms with Crippen molar-refractivity contribution in [3.63, 3.8) is 0 Å². The Labute approximate surface area is 67.9 Å². The first-order valence-corrected chi connectivity index (χ1v) is 4.15. The molecule has 0 aromatic heterocycles. The second kappa shape index (κ2) is 3.35.